The minimum atomic E-state index is -4.66. The normalized spacial score (nSPS) is 14.9. The number of anilines is 1. The van der Waals surface area contributed by atoms with Gasteiger partial charge >= 0.3 is 6.18 Å². The molecule has 1 fully saturated rings. The van der Waals surface area contributed by atoms with Crippen LogP contribution < -0.4 is 4.90 Å². The van der Waals surface area contributed by atoms with Crippen molar-refractivity contribution in [1.82, 2.24) is 4.90 Å². The lowest BCUT2D eigenvalue weighted by Gasteiger charge is -2.35. The van der Waals surface area contributed by atoms with Crippen molar-refractivity contribution in [2.45, 2.75) is 6.18 Å². The summed E-state index contributed by atoms with van der Waals surface area (Å²) in [5.41, 5.74) is -0.755. The third-order valence-electron chi connectivity index (χ3n) is 4.72. The third-order valence-corrected chi connectivity index (χ3v) is 4.97. The van der Waals surface area contributed by atoms with Gasteiger partial charge in [-0.25, -0.2) is 0 Å². The van der Waals surface area contributed by atoms with Gasteiger partial charge < -0.3 is 9.80 Å². The Morgan fingerprint density at radius 2 is 1.70 bits per heavy atom. The molecule has 0 unspecified atom stereocenters. The number of rotatable bonds is 4. The molecule has 30 heavy (non-hydrogen) atoms. The fourth-order valence-corrected chi connectivity index (χ4v) is 3.25. The number of hydrogen-bond acceptors (Lipinski definition) is 4. The first-order valence-corrected chi connectivity index (χ1v) is 9.36. The summed E-state index contributed by atoms with van der Waals surface area (Å²) in [6.45, 7) is 1.13. The van der Waals surface area contributed by atoms with E-state index in [-0.39, 0.29) is 24.7 Å². The number of nitro benzene ring substituents is 1. The van der Waals surface area contributed by atoms with Gasteiger partial charge in [0.15, 0.2) is 0 Å². The summed E-state index contributed by atoms with van der Waals surface area (Å²) < 4.78 is 38.6. The van der Waals surface area contributed by atoms with Crippen molar-refractivity contribution in [1.29, 1.82) is 0 Å². The molecule has 0 aromatic heterocycles. The summed E-state index contributed by atoms with van der Waals surface area (Å²) in [6, 6.07) is 9.44. The highest BCUT2D eigenvalue weighted by atomic mass is 35.5. The lowest BCUT2D eigenvalue weighted by atomic mass is 10.1. The van der Waals surface area contributed by atoms with Crippen LogP contribution in [-0.4, -0.2) is 41.9 Å². The fraction of sp³-hybridized carbons (Fsp3) is 0.250. The number of halogens is 4. The number of piperazine rings is 1. The van der Waals surface area contributed by atoms with E-state index in [9.17, 15) is 28.1 Å². The van der Waals surface area contributed by atoms with Gasteiger partial charge in [-0.05, 0) is 35.9 Å². The molecule has 0 aliphatic carbocycles. The second-order valence-corrected chi connectivity index (χ2v) is 7.09. The highest BCUT2D eigenvalue weighted by Gasteiger charge is 2.34. The summed E-state index contributed by atoms with van der Waals surface area (Å²) in [5, 5.41) is 11.9. The minimum Gasteiger partial charge on any atom is -0.362 e. The summed E-state index contributed by atoms with van der Waals surface area (Å²) in [5.74, 6) is -0.216. The smallest absolute Gasteiger partial charge is 0.362 e. The topological polar surface area (TPSA) is 66.7 Å². The summed E-state index contributed by atoms with van der Waals surface area (Å²) in [6.07, 6.45) is -1.57. The van der Waals surface area contributed by atoms with Gasteiger partial charge in [-0.1, -0.05) is 23.7 Å². The van der Waals surface area contributed by atoms with Crippen LogP contribution in [0.1, 0.15) is 11.1 Å². The van der Waals surface area contributed by atoms with E-state index in [0.717, 1.165) is 17.7 Å². The quantitative estimate of drug-likeness (QED) is 0.396. The average Bonchev–Trinajstić information content (AvgIpc) is 2.72. The van der Waals surface area contributed by atoms with Gasteiger partial charge in [0.2, 0.25) is 5.91 Å². The maximum Gasteiger partial charge on any atom is 0.416 e. The molecule has 0 radical (unpaired) electrons. The van der Waals surface area contributed by atoms with Crippen molar-refractivity contribution in [2.75, 3.05) is 31.1 Å². The molecule has 1 aliphatic heterocycles. The van der Waals surface area contributed by atoms with Crippen molar-refractivity contribution in [3.05, 3.63) is 74.8 Å². The van der Waals surface area contributed by atoms with Crippen LogP contribution in [0.15, 0.2) is 48.5 Å². The Kier molecular flexibility index (Phi) is 6.31. The lowest BCUT2D eigenvalue weighted by molar-refractivity contribution is -0.384. The van der Waals surface area contributed by atoms with Crippen molar-refractivity contribution >= 4 is 35.0 Å². The van der Waals surface area contributed by atoms with Crippen LogP contribution in [-0.2, 0) is 11.0 Å². The Morgan fingerprint density at radius 1 is 1.07 bits per heavy atom. The monoisotopic (exact) mass is 439 g/mol. The second kappa shape index (κ2) is 8.74. The number of hydrogen-bond donors (Lipinski definition) is 0. The van der Waals surface area contributed by atoms with E-state index in [2.05, 4.69) is 0 Å². The zero-order chi connectivity index (χ0) is 21.9. The van der Waals surface area contributed by atoms with Crippen molar-refractivity contribution in [3.8, 4) is 0 Å². The SMILES string of the molecule is O=C(/C=C/c1ccc(Cl)cc1)N1CCN(c2ccc(C(F)(F)F)cc2[N+](=O)[O-])CC1. The molecule has 3 rings (SSSR count). The maximum absolute atomic E-state index is 12.9. The third kappa shape index (κ3) is 5.10. The number of nitrogens with zero attached hydrogens (tertiary/aromatic N) is 3. The van der Waals surface area contributed by atoms with E-state index < -0.39 is 22.4 Å². The predicted octanol–water partition coefficient (Wildman–Crippen LogP) is 4.63. The summed E-state index contributed by atoms with van der Waals surface area (Å²) in [7, 11) is 0. The molecule has 0 N–H and O–H groups in total. The molecule has 2 aromatic rings. The van der Waals surface area contributed by atoms with Crippen LogP contribution in [0.25, 0.3) is 6.08 Å². The van der Waals surface area contributed by atoms with Gasteiger partial charge in [-0.3, -0.25) is 14.9 Å². The number of benzene rings is 2. The Balaban J connectivity index is 1.67. The van der Waals surface area contributed by atoms with Gasteiger partial charge in [0.25, 0.3) is 5.69 Å². The molecule has 6 nitrogen and oxygen atoms in total. The standard InChI is InChI=1S/C20H17ClF3N3O3/c21-16-5-1-14(2-6-16)3-8-19(28)26-11-9-25(10-12-26)17-7-4-15(20(22,23)24)13-18(17)27(29)30/h1-8,13H,9-12H2/b8-3+. The van der Waals surface area contributed by atoms with Crippen molar-refractivity contribution in [3.63, 3.8) is 0 Å². The Hall–Kier alpha value is -3.07. The van der Waals surface area contributed by atoms with Gasteiger partial charge in [-0.15, -0.1) is 0 Å². The minimum absolute atomic E-state index is 0.108. The van der Waals surface area contributed by atoms with Crippen LogP contribution in [0.4, 0.5) is 24.5 Å². The van der Waals surface area contributed by atoms with Crippen LogP contribution in [0.2, 0.25) is 5.02 Å². The van der Waals surface area contributed by atoms with Gasteiger partial charge in [0.1, 0.15) is 5.69 Å². The van der Waals surface area contributed by atoms with E-state index >= 15 is 0 Å². The number of carbonyl (C=O) groups is 1. The van der Waals surface area contributed by atoms with Gasteiger partial charge in [-0.2, -0.15) is 13.2 Å². The first-order valence-electron chi connectivity index (χ1n) is 8.98. The zero-order valence-electron chi connectivity index (χ0n) is 15.6. The van der Waals surface area contributed by atoms with E-state index in [4.69, 9.17) is 11.6 Å². The Labute approximate surface area is 175 Å². The van der Waals surface area contributed by atoms with E-state index in [1.807, 2.05) is 0 Å². The Morgan fingerprint density at radius 3 is 2.27 bits per heavy atom. The Bertz CT molecular complexity index is 969. The first-order chi connectivity index (χ1) is 14.1. The molecule has 10 heteroatoms. The molecule has 0 spiro atoms. The molecule has 2 aromatic carbocycles. The molecular weight excluding hydrogens is 423 g/mol. The summed E-state index contributed by atoms with van der Waals surface area (Å²) >= 11 is 5.82. The van der Waals surface area contributed by atoms with E-state index in [1.54, 1.807) is 40.1 Å². The molecule has 0 atom stereocenters. The second-order valence-electron chi connectivity index (χ2n) is 6.66. The molecule has 1 aliphatic rings. The molecular formula is C20H17ClF3N3O3. The van der Waals surface area contributed by atoms with Gasteiger partial charge in [0.05, 0.1) is 10.5 Å². The van der Waals surface area contributed by atoms with Crippen LogP contribution in [0.5, 0.6) is 0 Å². The first kappa shape index (κ1) is 21.6. The highest BCUT2D eigenvalue weighted by molar-refractivity contribution is 6.30. The lowest BCUT2D eigenvalue weighted by Crippen LogP contribution is -2.48. The molecule has 1 amide bonds. The fourth-order valence-electron chi connectivity index (χ4n) is 3.13. The number of amides is 1. The van der Waals surface area contributed by atoms with Crippen LogP contribution >= 0.6 is 11.6 Å². The molecule has 0 saturated carbocycles. The largest absolute Gasteiger partial charge is 0.416 e. The summed E-state index contributed by atoms with van der Waals surface area (Å²) in [4.78, 5) is 26.0. The van der Waals surface area contributed by atoms with Crippen molar-refractivity contribution in [2.24, 2.45) is 0 Å². The van der Waals surface area contributed by atoms with Gasteiger partial charge in [0, 0.05) is 43.3 Å². The molecule has 1 heterocycles. The van der Waals surface area contributed by atoms with Crippen LogP contribution in [0.3, 0.4) is 0 Å². The molecule has 1 saturated heterocycles. The highest BCUT2D eigenvalue weighted by Crippen LogP contribution is 2.36. The number of alkyl halides is 3. The maximum atomic E-state index is 12.9. The molecule has 0 bridgehead atoms. The van der Waals surface area contributed by atoms with E-state index in [0.29, 0.717) is 24.2 Å². The van der Waals surface area contributed by atoms with Crippen LogP contribution in [0, 0.1) is 10.1 Å². The van der Waals surface area contributed by atoms with E-state index in [1.165, 1.54) is 6.08 Å². The molecule has 158 valence electrons. The number of nitro groups is 1. The average molecular weight is 440 g/mol. The predicted molar refractivity (Wildman–Crippen MR) is 107 cm³/mol. The van der Waals surface area contributed by atoms with Crippen molar-refractivity contribution < 1.29 is 22.9 Å². The zero-order valence-corrected chi connectivity index (χ0v) is 16.4. The number of carbonyl (C=O) groups excluding carboxylic acids is 1.